The lowest BCUT2D eigenvalue weighted by molar-refractivity contribution is 0.587. The predicted molar refractivity (Wildman–Crippen MR) is 124 cm³/mol. The minimum Gasteiger partial charge on any atom is -0.366 e. The number of fused-ring (bicyclic) bond motifs is 1. The average Bonchev–Trinajstić information content (AvgIpc) is 3.24. The number of imidazole rings is 1. The Morgan fingerprint density at radius 3 is 2.48 bits per heavy atom. The smallest absolute Gasteiger partial charge is 0.154 e. The first-order chi connectivity index (χ1) is 15.2. The molecule has 3 heterocycles. The summed E-state index contributed by atoms with van der Waals surface area (Å²) in [5.41, 5.74) is 4.75. The maximum atomic E-state index is 7.79. The van der Waals surface area contributed by atoms with Crippen molar-refractivity contribution in [3.8, 4) is 11.3 Å². The molecule has 1 saturated carbocycles. The molecule has 1 aliphatic carbocycles. The van der Waals surface area contributed by atoms with Gasteiger partial charge in [0.2, 0.25) is 0 Å². The first-order valence-electron chi connectivity index (χ1n) is 10.7. The normalized spacial score (nSPS) is 16.4. The van der Waals surface area contributed by atoms with Crippen LogP contribution in [0.25, 0.3) is 16.9 Å². The quantitative estimate of drug-likeness (QED) is 0.425. The first kappa shape index (κ1) is 19.2. The highest BCUT2D eigenvalue weighted by atomic mass is 15.3. The zero-order valence-electron chi connectivity index (χ0n) is 17.3. The van der Waals surface area contributed by atoms with E-state index in [1.165, 1.54) is 5.56 Å². The third-order valence-electron chi connectivity index (χ3n) is 5.68. The van der Waals surface area contributed by atoms with Gasteiger partial charge in [0, 0.05) is 30.1 Å². The van der Waals surface area contributed by atoms with Crippen molar-refractivity contribution in [2.75, 3.05) is 10.6 Å². The van der Waals surface area contributed by atoms with E-state index in [-0.39, 0.29) is 0 Å². The maximum absolute atomic E-state index is 7.79. The zero-order chi connectivity index (χ0) is 21.0. The molecule has 156 valence electrons. The number of hydrogen-bond acceptors (Lipinski definition) is 6. The van der Waals surface area contributed by atoms with Gasteiger partial charge in [-0.2, -0.15) is 0 Å². The second kappa shape index (κ2) is 8.55. The molecular weight excluding hydrogens is 386 g/mol. The molecule has 5 rings (SSSR count). The first-order valence-corrected chi connectivity index (χ1v) is 10.7. The number of nitrogens with zero attached hydrogens (tertiary/aromatic N) is 4. The summed E-state index contributed by atoms with van der Waals surface area (Å²) in [6.07, 6.45) is 7.39. The van der Waals surface area contributed by atoms with Crippen LogP contribution in [0.3, 0.4) is 0 Å². The van der Waals surface area contributed by atoms with Gasteiger partial charge < -0.3 is 16.0 Å². The van der Waals surface area contributed by atoms with E-state index in [0.717, 1.165) is 66.5 Å². The summed E-state index contributed by atoms with van der Waals surface area (Å²) in [6, 6.07) is 18.6. The highest BCUT2D eigenvalue weighted by molar-refractivity contribution is 5.82. The fraction of sp³-hybridized carbons (Fsp3) is 0.250. The molecule has 31 heavy (non-hydrogen) atoms. The van der Waals surface area contributed by atoms with Gasteiger partial charge in [-0.3, -0.25) is 0 Å². The molecule has 0 radical (unpaired) electrons. The Hall–Kier alpha value is -3.74. The van der Waals surface area contributed by atoms with Crippen LogP contribution in [0.1, 0.15) is 31.2 Å². The van der Waals surface area contributed by atoms with Crippen LogP contribution in [0.2, 0.25) is 0 Å². The molecule has 0 unspecified atom stereocenters. The van der Waals surface area contributed by atoms with E-state index in [9.17, 15) is 0 Å². The largest absolute Gasteiger partial charge is 0.366 e. The molecule has 4 aromatic rings. The van der Waals surface area contributed by atoms with Gasteiger partial charge >= 0.3 is 0 Å². The monoisotopic (exact) mass is 411 g/mol. The number of anilines is 2. The molecule has 0 amide bonds. The lowest BCUT2D eigenvalue weighted by atomic mass is 9.94. The fourth-order valence-corrected chi connectivity index (χ4v) is 3.91. The van der Waals surface area contributed by atoms with E-state index in [1.807, 2.05) is 59.4 Å². The van der Waals surface area contributed by atoms with E-state index in [4.69, 9.17) is 10.5 Å². The van der Waals surface area contributed by atoms with Crippen LogP contribution in [-0.2, 0) is 6.54 Å². The molecule has 0 bridgehead atoms. The minimum absolute atomic E-state index is 0.364. The topological polar surface area (TPSA) is 91.0 Å². The van der Waals surface area contributed by atoms with Gasteiger partial charge in [-0.25, -0.2) is 14.5 Å². The van der Waals surface area contributed by atoms with Gasteiger partial charge in [0.1, 0.15) is 11.6 Å². The highest BCUT2D eigenvalue weighted by Crippen LogP contribution is 2.23. The Kier molecular flexibility index (Phi) is 5.31. The lowest BCUT2D eigenvalue weighted by Gasteiger charge is -2.23. The standard InChI is InChI=1S/C24H25N7/c25-19-7-9-20(10-8-19)29-23-12-13-24-28-16-21(31(24)30-23)18-6-11-22(27-15-18)26-14-17-4-2-1-3-5-17/h1-6,11-13,15-16,20,25H,7-10,14H2,(H,26,27)(H,29,30). The van der Waals surface area contributed by atoms with Gasteiger partial charge in [0.05, 0.1) is 11.9 Å². The summed E-state index contributed by atoms with van der Waals surface area (Å²) in [6.45, 7) is 0.736. The van der Waals surface area contributed by atoms with E-state index >= 15 is 0 Å². The summed E-state index contributed by atoms with van der Waals surface area (Å²) in [4.78, 5) is 9.06. The highest BCUT2D eigenvalue weighted by Gasteiger charge is 2.17. The van der Waals surface area contributed by atoms with Crippen molar-refractivity contribution in [1.82, 2.24) is 19.6 Å². The zero-order valence-corrected chi connectivity index (χ0v) is 17.3. The van der Waals surface area contributed by atoms with Crippen molar-refractivity contribution < 1.29 is 0 Å². The molecule has 1 aliphatic rings. The van der Waals surface area contributed by atoms with E-state index in [1.54, 1.807) is 0 Å². The SMILES string of the molecule is N=C1CCC(Nc2ccc3ncc(-c4ccc(NCc5ccccc5)nc4)n3n2)CC1. The van der Waals surface area contributed by atoms with Crippen LogP contribution in [0.15, 0.2) is 67.0 Å². The molecule has 3 N–H and O–H groups in total. The van der Waals surface area contributed by atoms with Crippen LogP contribution >= 0.6 is 0 Å². The summed E-state index contributed by atoms with van der Waals surface area (Å²) in [5.74, 6) is 1.67. The number of hydrogen-bond donors (Lipinski definition) is 3. The third-order valence-corrected chi connectivity index (χ3v) is 5.68. The second-order valence-corrected chi connectivity index (χ2v) is 7.93. The average molecular weight is 412 g/mol. The molecule has 7 heteroatoms. The number of rotatable bonds is 6. The molecule has 7 nitrogen and oxygen atoms in total. The van der Waals surface area contributed by atoms with Crippen molar-refractivity contribution in [1.29, 1.82) is 5.41 Å². The third kappa shape index (κ3) is 4.40. The Morgan fingerprint density at radius 2 is 1.71 bits per heavy atom. The summed E-state index contributed by atoms with van der Waals surface area (Å²) >= 11 is 0. The number of nitrogens with one attached hydrogen (secondary N) is 3. The van der Waals surface area contributed by atoms with Crippen LogP contribution in [-0.4, -0.2) is 31.3 Å². The van der Waals surface area contributed by atoms with Crippen LogP contribution in [0.5, 0.6) is 0 Å². The Morgan fingerprint density at radius 1 is 0.903 bits per heavy atom. The van der Waals surface area contributed by atoms with Crippen molar-refractivity contribution in [2.24, 2.45) is 0 Å². The Labute approximate surface area is 181 Å². The van der Waals surface area contributed by atoms with Gasteiger partial charge in [0.25, 0.3) is 0 Å². The Bertz CT molecular complexity index is 1170. The van der Waals surface area contributed by atoms with Crippen molar-refractivity contribution in [2.45, 2.75) is 38.3 Å². The van der Waals surface area contributed by atoms with E-state index in [0.29, 0.717) is 6.04 Å². The van der Waals surface area contributed by atoms with Gasteiger partial charge in [-0.15, -0.1) is 5.10 Å². The summed E-state index contributed by atoms with van der Waals surface area (Å²) in [7, 11) is 0. The molecule has 0 saturated heterocycles. The van der Waals surface area contributed by atoms with Gasteiger partial charge in [-0.1, -0.05) is 30.3 Å². The van der Waals surface area contributed by atoms with Crippen LogP contribution < -0.4 is 10.6 Å². The molecular formula is C24H25N7. The van der Waals surface area contributed by atoms with Gasteiger partial charge in [0.15, 0.2) is 5.65 Å². The predicted octanol–water partition coefficient (Wildman–Crippen LogP) is 4.78. The fourth-order valence-electron chi connectivity index (χ4n) is 3.91. The Balaban J connectivity index is 1.31. The molecule has 1 fully saturated rings. The summed E-state index contributed by atoms with van der Waals surface area (Å²) < 4.78 is 1.86. The van der Waals surface area contributed by atoms with Crippen molar-refractivity contribution in [3.63, 3.8) is 0 Å². The van der Waals surface area contributed by atoms with Crippen molar-refractivity contribution in [3.05, 3.63) is 72.6 Å². The van der Waals surface area contributed by atoms with Gasteiger partial charge in [-0.05, 0) is 55.5 Å². The molecule has 1 aromatic carbocycles. The van der Waals surface area contributed by atoms with E-state index < -0.39 is 0 Å². The van der Waals surface area contributed by atoms with Crippen LogP contribution in [0.4, 0.5) is 11.6 Å². The summed E-state index contributed by atoms with van der Waals surface area (Å²) in [5, 5.41) is 19.4. The van der Waals surface area contributed by atoms with Crippen molar-refractivity contribution >= 4 is 23.0 Å². The minimum atomic E-state index is 0.364. The molecule has 0 aliphatic heterocycles. The van der Waals surface area contributed by atoms with Crippen LogP contribution in [0, 0.1) is 5.41 Å². The molecule has 3 aromatic heterocycles. The lowest BCUT2D eigenvalue weighted by Crippen LogP contribution is -2.26. The second-order valence-electron chi connectivity index (χ2n) is 7.93. The molecule has 0 atom stereocenters. The number of pyridine rings is 1. The number of aromatic nitrogens is 4. The maximum Gasteiger partial charge on any atom is 0.154 e. The molecule has 0 spiro atoms. The van der Waals surface area contributed by atoms with E-state index in [2.05, 4.69) is 32.7 Å². The number of benzene rings is 1.